The fourth-order valence-electron chi connectivity index (χ4n) is 7.90. The molecule has 1 saturated heterocycles. The van der Waals surface area contributed by atoms with Gasteiger partial charge in [-0.15, -0.1) is 0 Å². The maximum atomic E-state index is 15.1. The molecule has 7 atom stereocenters. The van der Waals surface area contributed by atoms with Crippen LogP contribution >= 0.6 is 0 Å². The van der Waals surface area contributed by atoms with Crippen molar-refractivity contribution in [1.29, 1.82) is 0 Å². The number of hydrogen-bond donors (Lipinski definition) is 3. The van der Waals surface area contributed by atoms with Crippen LogP contribution in [-0.4, -0.2) is 125 Å². The largest absolute Gasteiger partial charge is 0.497 e. The van der Waals surface area contributed by atoms with Crippen molar-refractivity contribution in [2.75, 3.05) is 20.8 Å². The van der Waals surface area contributed by atoms with Crippen LogP contribution in [0.25, 0.3) is 10.8 Å². The van der Waals surface area contributed by atoms with Crippen LogP contribution < -0.4 is 24.2 Å². The molecule has 6 rings (SSSR count). The Morgan fingerprint density at radius 2 is 1.85 bits per heavy atom. The molecule has 60 heavy (non-hydrogen) atoms. The zero-order valence-corrected chi connectivity index (χ0v) is 35.3. The van der Waals surface area contributed by atoms with Crippen molar-refractivity contribution < 1.29 is 64.8 Å². The van der Waals surface area contributed by atoms with E-state index in [4.69, 9.17) is 18.9 Å². The minimum absolute atomic E-state index is 0.0102. The van der Waals surface area contributed by atoms with Crippen LogP contribution in [0.4, 0.5) is 18.0 Å². The van der Waals surface area contributed by atoms with Crippen LogP contribution in [0, 0.1) is 5.92 Å². The predicted molar refractivity (Wildman–Crippen MR) is 210 cm³/mol. The molecule has 2 saturated carbocycles. The van der Waals surface area contributed by atoms with E-state index >= 15 is 4.79 Å². The number of methoxy groups -OCH3 is 2. The number of amides is 4. The van der Waals surface area contributed by atoms with Gasteiger partial charge in [-0.05, 0) is 89.8 Å². The third-order valence-electron chi connectivity index (χ3n) is 12.2. The minimum Gasteiger partial charge on any atom is -0.497 e. The van der Waals surface area contributed by atoms with Gasteiger partial charge in [0.1, 0.15) is 35.0 Å². The van der Waals surface area contributed by atoms with Crippen molar-refractivity contribution in [2.45, 2.75) is 132 Å². The topological polar surface area (TPSA) is 203 Å². The van der Waals surface area contributed by atoms with E-state index in [0.717, 1.165) is 4.90 Å². The molecule has 2 aromatic rings. The second-order valence-corrected chi connectivity index (χ2v) is 18.9. The molecule has 0 spiro atoms. The fourth-order valence-corrected chi connectivity index (χ4v) is 9.21. The molecule has 1 aromatic heterocycles. The Kier molecular flexibility index (Phi) is 12.1. The number of nitrogens with zero attached hydrogens (tertiary/aromatic N) is 3. The Bertz CT molecular complexity index is 2160. The number of carboxylic acid groups (broad SMARTS) is 1. The highest BCUT2D eigenvalue weighted by Crippen LogP contribution is 2.48. The lowest BCUT2D eigenvalue weighted by atomic mass is 9.95. The molecule has 3 fully saturated rings. The number of carbonyl (C=O) groups is 4. The first-order valence-corrected chi connectivity index (χ1v) is 21.3. The summed E-state index contributed by atoms with van der Waals surface area (Å²) in [7, 11) is -1.27. The zero-order chi connectivity index (χ0) is 44.2. The Morgan fingerprint density at radius 3 is 2.45 bits per heavy atom. The van der Waals surface area contributed by atoms with E-state index in [0.29, 0.717) is 49.6 Å². The van der Waals surface area contributed by atoms with Gasteiger partial charge in [0, 0.05) is 23.8 Å². The van der Waals surface area contributed by atoms with Gasteiger partial charge in [-0.2, -0.15) is 18.2 Å². The molecule has 0 radical (unpaired) electrons. The fraction of sp³-hybridized carbons (Fsp3) is 0.625. The summed E-state index contributed by atoms with van der Waals surface area (Å²) in [5.41, 5.74) is -4.89. The van der Waals surface area contributed by atoms with Crippen LogP contribution in [0.2, 0.25) is 0 Å². The summed E-state index contributed by atoms with van der Waals surface area (Å²) >= 11 is 0. The highest BCUT2D eigenvalue weighted by Gasteiger charge is 2.64. The van der Waals surface area contributed by atoms with Crippen molar-refractivity contribution in [3.63, 3.8) is 0 Å². The Labute approximate surface area is 346 Å². The molecular weight excluding hydrogens is 816 g/mol. The summed E-state index contributed by atoms with van der Waals surface area (Å²) in [5, 5.41) is 14.3. The first-order valence-electron chi connectivity index (χ1n) is 19.8. The molecular formula is C40H52F3N5O11S. The summed E-state index contributed by atoms with van der Waals surface area (Å²) in [4.78, 5) is 62.2. The van der Waals surface area contributed by atoms with E-state index in [9.17, 15) is 41.1 Å². The highest BCUT2D eigenvalue weighted by atomic mass is 32.2. The molecule has 4 aliphatic rings. The molecule has 1 aromatic carbocycles. The lowest BCUT2D eigenvalue weighted by Gasteiger charge is -2.45. The Hall–Kier alpha value is -4.85. The van der Waals surface area contributed by atoms with Gasteiger partial charge in [0.25, 0.3) is 5.91 Å². The second kappa shape index (κ2) is 16.2. The van der Waals surface area contributed by atoms with Gasteiger partial charge in [-0.1, -0.05) is 19.1 Å². The van der Waals surface area contributed by atoms with Crippen LogP contribution in [0.5, 0.6) is 17.5 Å². The average Bonchev–Trinajstić information content (AvgIpc) is 4.06. The average molecular weight is 868 g/mol. The molecule has 4 amide bonds. The molecule has 330 valence electrons. The van der Waals surface area contributed by atoms with Crippen LogP contribution in [0.3, 0.4) is 0 Å². The minimum atomic E-state index is -5.16. The summed E-state index contributed by atoms with van der Waals surface area (Å²) in [6, 6.07) is 2.99. The number of alkyl halides is 3. The number of nitrogens with one attached hydrogen (secondary N) is 2. The number of pyridine rings is 1. The lowest BCUT2D eigenvalue weighted by molar-refractivity contribution is -0.226. The summed E-state index contributed by atoms with van der Waals surface area (Å²) < 4.78 is 95.2. The molecule has 2 aliphatic carbocycles. The quantitative estimate of drug-likeness (QED) is 0.279. The maximum absolute atomic E-state index is 15.1. The number of ether oxygens (including phenoxy) is 4. The standard InChI is InChI=1S/C40H52F3N5O11S/c1-8-29-31(48(36(52)53)37(3,4)40(41,42)43)34(50)47-21-26(59-33-27-14-13-25(56-6)17-23(27)18-30(44-33)57-7)19-28(47)32(49)45-39(20-24(39)12-10-9-11-22(2)58-29)35(51)46-60(54,55)38(5)15-16-38/h10,12-14,17-18,22,24,26,28-29,31H,8-9,11,15-16,19-21H2,1-7H3,(H,45,49)(H,46,51)(H,52,53)/b12-10-/t22-,24-,26-,28+,29+,31+,39-/m1/s1. The number of fused-ring (bicyclic) bond motifs is 3. The molecule has 0 bridgehead atoms. The number of hydrogen-bond acceptors (Lipinski definition) is 11. The van der Waals surface area contributed by atoms with E-state index in [2.05, 4.69) is 15.0 Å². The molecule has 3 heterocycles. The molecule has 20 heteroatoms. The summed E-state index contributed by atoms with van der Waals surface area (Å²) in [6.45, 7) is 5.54. The number of rotatable bonds is 10. The van der Waals surface area contributed by atoms with Gasteiger partial charge in [0.05, 0.1) is 37.7 Å². The van der Waals surface area contributed by atoms with Crippen molar-refractivity contribution in [3.05, 3.63) is 36.4 Å². The van der Waals surface area contributed by atoms with E-state index in [1.54, 1.807) is 50.3 Å². The number of aromatic nitrogens is 1. The first kappa shape index (κ1) is 44.7. The van der Waals surface area contributed by atoms with Crippen molar-refractivity contribution in [3.8, 4) is 17.5 Å². The number of sulfonamides is 1. The SMILES string of the molecule is CC[C@@H]1O[C@H](C)CC/C=C\[C@@H]2C[C@@]2(C(=O)NS(=O)(=O)C2(C)CC2)NC(=O)[C@@H]2C[C@@H](Oc3nc(OC)cc4cc(OC)ccc34)CN2C(=O)[C@H]1N(C(=O)O)C(C)(C)C(F)(F)F. The van der Waals surface area contributed by atoms with Crippen molar-refractivity contribution in [2.24, 2.45) is 5.92 Å². The third kappa shape index (κ3) is 8.40. The van der Waals surface area contributed by atoms with Crippen molar-refractivity contribution in [1.82, 2.24) is 24.8 Å². The second-order valence-electron chi connectivity index (χ2n) is 16.7. The zero-order valence-electron chi connectivity index (χ0n) is 34.5. The van der Waals surface area contributed by atoms with Gasteiger partial charge < -0.3 is 34.3 Å². The Balaban J connectivity index is 1.45. The molecule has 2 aliphatic heterocycles. The van der Waals surface area contributed by atoms with Gasteiger partial charge in [-0.3, -0.25) is 24.0 Å². The van der Waals surface area contributed by atoms with Crippen LogP contribution in [0.15, 0.2) is 36.4 Å². The van der Waals surface area contributed by atoms with Gasteiger partial charge in [0.15, 0.2) is 0 Å². The smallest absolute Gasteiger partial charge is 0.411 e. The van der Waals surface area contributed by atoms with Crippen LogP contribution in [0.1, 0.15) is 79.6 Å². The normalized spacial score (nSPS) is 28.9. The molecule has 0 unspecified atom stereocenters. The molecule has 16 nitrogen and oxygen atoms in total. The van der Waals surface area contributed by atoms with Gasteiger partial charge in [-0.25, -0.2) is 13.2 Å². The number of benzene rings is 1. The van der Waals surface area contributed by atoms with E-state index in [1.165, 1.54) is 21.1 Å². The Morgan fingerprint density at radius 1 is 1.15 bits per heavy atom. The van der Waals surface area contributed by atoms with E-state index in [-0.39, 0.29) is 42.3 Å². The maximum Gasteiger partial charge on any atom is 0.411 e. The van der Waals surface area contributed by atoms with Gasteiger partial charge in [0.2, 0.25) is 33.6 Å². The van der Waals surface area contributed by atoms with Crippen molar-refractivity contribution >= 4 is 44.6 Å². The number of carbonyl (C=O) groups excluding carboxylic acids is 3. The van der Waals surface area contributed by atoms with E-state index < -0.39 is 98.7 Å². The third-order valence-corrected chi connectivity index (χ3v) is 14.4. The lowest BCUT2D eigenvalue weighted by Crippen LogP contribution is -2.68. The summed E-state index contributed by atoms with van der Waals surface area (Å²) in [5.74, 6) is -3.05. The highest BCUT2D eigenvalue weighted by molar-refractivity contribution is 7.91. The van der Waals surface area contributed by atoms with Gasteiger partial charge >= 0.3 is 12.3 Å². The predicted octanol–water partition coefficient (Wildman–Crippen LogP) is 4.70. The van der Waals surface area contributed by atoms with Crippen LogP contribution in [-0.2, 0) is 29.1 Å². The monoisotopic (exact) mass is 867 g/mol. The number of allylic oxidation sites excluding steroid dienone is 1. The summed E-state index contributed by atoms with van der Waals surface area (Å²) in [6.07, 6.45) is -6.07. The molecule has 3 N–H and O–H groups in total. The van der Waals surface area contributed by atoms with E-state index in [1.807, 2.05) is 0 Å². The first-order chi connectivity index (χ1) is 28.0. The number of halogens is 3.